The summed E-state index contributed by atoms with van der Waals surface area (Å²) in [6.07, 6.45) is 0. The maximum Gasteiger partial charge on any atom is 0.145 e. The van der Waals surface area contributed by atoms with Crippen molar-refractivity contribution in [2.45, 2.75) is 0 Å². The molecule has 0 N–H and O–H groups in total. The minimum absolute atomic E-state index is 0.827. The van der Waals surface area contributed by atoms with Crippen molar-refractivity contribution in [2.75, 3.05) is 4.90 Å². The number of benzene rings is 9. The van der Waals surface area contributed by atoms with Crippen molar-refractivity contribution in [2.24, 2.45) is 0 Å². The summed E-state index contributed by atoms with van der Waals surface area (Å²) in [6, 6.07) is 70.1. The van der Waals surface area contributed by atoms with Gasteiger partial charge < -0.3 is 18.2 Å². The summed E-state index contributed by atoms with van der Waals surface area (Å²) in [5, 5.41) is 6.29. The number of fused-ring (bicyclic) bond motifs is 9. The molecule has 0 fully saturated rings. The van der Waals surface area contributed by atoms with Gasteiger partial charge in [-0.25, -0.2) is 0 Å². The fourth-order valence-corrected chi connectivity index (χ4v) is 8.77. The fraction of sp³-hybridized carbons (Fsp3) is 0. The molecule has 0 radical (unpaired) electrons. The van der Waals surface area contributed by atoms with Gasteiger partial charge >= 0.3 is 0 Å². The Labute approximate surface area is 333 Å². The highest BCUT2D eigenvalue weighted by Gasteiger charge is 2.26. The molecule has 3 heterocycles. The van der Waals surface area contributed by atoms with E-state index in [4.69, 9.17) is 13.3 Å². The number of hydrogen-bond acceptors (Lipinski definition) is 4. The third kappa shape index (κ3) is 5.09. The zero-order valence-electron chi connectivity index (χ0n) is 31.2. The van der Waals surface area contributed by atoms with Crippen molar-refractivity contribution in [3.63, 3.8) is 0 Å². The van der Waals surface area contributed by atoms with Gasteiger partial charge in [0.1, 0.15) is 33.5 Å². The standard InChI is InChI=1S/C54H33NO3/c1-4-13-34(14-5-1)37-23-26-41-44-33-39(25-30-48(44)57-50(41)31-37)55(45-20-12-22-49-52(45)42-19-10-11-21-47(42)56-49)46-29-28-40(36-17-8-3-9-18-36)54-53(46)43-27-24-38(32-51(43)58-54)35-15-6-2-7-16-35/h1-33H. The molecule has 0 aliphatic rings. The van der Waals surface area contributed by atoms with Crippen molar-refractivity contribution in [3.8, 4) is 33.4 Å². The molecule has 4 nitrogen and oxygen atoms in total. The monoisotopic (exact) mass is 743 g/mol. The van der Waals surface area contributed by atoms with Gasteiger partial charge in [-0.15, -0.1) is 0 Å². The summed E-state index contributed by atoms with van der Waals surface area (Å²) >= 11 is 0. The Balaban J connectivity index is 1.15. The van der Waals surface area contributed by atoms with Crippen LogP contribution in [0.1, 0.15) is 0 Å². The molecule has 0 aliphatic carbocycles. The lowest BCUT2D eigenvalue weighted by Crippen LogP contribution is -2.11. The van der Waals surface area contributed by atoms with Gasteiger partial charge in [-0.2, -0.15) is 0 Å². The Bertz CT molecular complexity index is 3500. The molecule has 0 saturated carbocycles. The van der Waals surface area contributed by atoms with Crippen molar-refractivity contribution in [1.82, 2.24) is 0 Å². The van der Waals surface area contributed by atoms with E-state index in [0.717, 1.165) is 116 Å². The van der Waals surface area contributed by atoms with Gasteiger partial charge in [0, 0.05) is 32.8 Å². The van der Waals surface area contributed by atoms with Crippen LogP contribution in [0.25, 0.3) is 99.2 Å². The minimum atomic E-state index is 0.827. The van der Waals surface area contributed by atoms with Crippen molar-refractivity contribution in [3.05, 3.63) is 200 Å². The van der Waals surface area contributed by atoms with E-state index in [0.29, 0.717) is 0 Å². The Hall–Kier alpha value is -7.82. The van der Waals surface area contributed by atoms with E-state index in [9.17, 15) is 0 Å². The van der Waals surface area contributed by atoms with Crippen LogP contribution >= 0.6 is 0 Å². The normalized spacial score (nSPS) is 11.8. The molecule has 12 aromatic rings. The molecule has 0 saturated heterocycles. The first-order chi connectivity index (χ1) is 28.7. The Morgan fingerprint density at radius 2 is 0.862 bits per heavy atom. The largest absolute Gasteiger partial charge is 0.456 e. The first-order valence-corrected chi connectivity index (χ1v) is 19.6. The lowest BCUT2D eigenvalue weighted by atomic mass is 9.98. The fourth-order valence-electron chi connectivity index (χ4n) is 8.77. The highest BCUT2D eigenvalue weighted by molar-refractivity contribution is 6.20. The second kappa shape index (κ2) is 12.9. The van der Waals surface area contributed by atoms with Crippen LogP contribution in [-0.2, 0) is 0 Å². The van der Waals surface area contributed by atoms with Crippen LogP contribution in [0.5, 0.6) is 0 Å². The second-order valence-electron chi connectivity index (χ2n) is 14.8. The number of hydrogen-bond donors (Lipinski definition) is 0. The molecule has 0 amide bonds. The van der Waals surface area contributed by atoms with Crippen molar-refractivity contribution < 1.29 is 13.3 Å². The van der Waals surface area contributed by atoms with Gasteiger partial charge in [-0.05, 0) is 101 Å². The van der Waals surface area contributed by atoms with Crippen LogP contribution in [0, 0.1) is 0 Å². The minimum Gasteiger partial charge on any atom is -0.456 e. The van der Waals surface area contributed by atoms with E-state index in [1.165, 1.54) is 0 Å². The van der Waals surface area contributed by atoms with E-state index in [1.54, 1.807) is 0 Å². The van der Waals surface area contributed by atoms with Crippen molar-refractivity contribution in [1.29, 1.82) is 0 Å². The molecule has 4 heteroatoms. The molecule has 9 aromatic carbocycles. The number of para-hydroxylation sites is 1. The zero-order valence-corrected chi connectivity index (χ0v) is 31.2. The van der Waals surface area contributed by atoms with Gasteiger partial charge in [0.05, 0.1) is 22.1 Å². The van der Waals surface area contributed by atoms with E-state index in [1.807, 2.05) is 24.3 Å². The summed E-state index contributed by atoms with van der Waals surface area (Å²) in [4.78, 5) is 2.37. The van der Waals surface area contributed by atoms with E-state index < -0.39 is 0 Å². The third-order valence-corrected chi connectivity index (χ3v) is 11.5. The topological polar surface area (TPSA) is 42.7 Å². The first kappa shape index (κ1) is 32.4. The van der Waals surface area contributed by atoms with Gasteiger partial charge in [-0.1, -0.05) is 127 Å². The lowest BCUT2D eigenvalue weighted by molar-refractivity contribution is 0.668. The molecule has 272 valence electrons. The summed E-state index contributed by atoms with van der Waals surface area (Å²) in [5.41, 5.74) is 14.7. The predicted octanol–water partition coefficient (Wildman–Crippen LogP) is 15.9. The van der Waals surface area contributed by atoms with Crippen LogP contribution in [0.3, 0.4) is 0 Å². The molecule has 12 rings (SSSR count). The summed E-state index contributed by atoms with van der Waals surface area (Å²) in [5.74, 6) is 0. The van der Waals surface area contributed by atoms with Crippen LogP contribution in [-0.4, -0.2) is 0 Å². The molecular weight excluding hydrogens is 711 g/mol. The quantitative estimate of drug-likeness (QED) is 0.170. The van der Waals surface area contributed by atoms with Gasteiger partial charge in [0.25, 0.3) is 0 Å². The lowest BCUT2D eigenvalue weighted by Gasteiger charge is -2.27. The van der Waals surface area contributed by atoms with E-state index in [2.05, 4.69) is 181 Å². The highest BCUT2D eigenvalue weighted by atomic mass is 16.3. The maximum absolute atomic E-state index is 7.01. The number of furan rings is 3. The molecule has 58 heavy (non-hydrogen) atoms. The smallest absolute Gasteiger partial charge is 0.145 e. The Morgan fingerprint density at radius 1 is 0.293 bits per heavy atom. The molecule has 3 aromatic heterocycles. The van der Waals surface area contributed by atoms with Crippen LogP contribution in [0.2, 0.25) is 0 Å². The number of anilines is 3. The van der Waals surface area contributed by atoms with Gasteiger partial charge in [-0.3, -0.25) is 0 Å². The van der Waals surface area contributed by atoms with Crippen molar-refractivity contribution >= 4 is 82.9 Å². The molecule has 0 unspecified atom stereocenters. The highest BCUT2D eigenvalue weighted by Crippen LogP contribution is 2.50. The Kier molecular flexibility index (Phi) is 7.20. The SMILES string of the molecule is c1ccc(-c2ccc3c(c2)oc2ccc(N(c4cccc5oc6ccccc6c45)c4ccc(-c5ccccc5)c5oc6cc(-c7ccccc7)ccc6c45)cc23)cc1. The molecule has 0 spiro atoms. The average Bonchev–Trinajstić information content (AvgIpc) is 3.98. The van der Waals surface area contributed by atoms with E-state index >= 15 is 0 Å². The molecule has 0 bridgehead atoms. The summed E-state index contributed by atoms with van der Waals surface area (Å²) in [7, 11) is 0. The van der Waals surface area contributed by atoms with Crippen LogP contribution in [0.4, 0.5) is 17.1 Å². The van der Waals surface area contributed by atoms with Gasteiger partial charge in [0.2, 0.25) is 0 Å². The molecule has 0 aliphatic heterocycles. The molecule has 0 atom stereocenters. The predicted molar refractivity (Wildman–Crippen MR) is 239 cm³/mol. The summed E-state index contributed by atoms with van der Waals surface area (Å²) < 4.78 is 20.1. The molecular formula is C54H33NO3. The van der Waals surface area contributed by atoms with Crippen LogP contribution < -0.4 is 4.90 Å². The number of nitrogens with zero attached hydrogens (tertiary/aromatic N) is 1. The van der Waals surface area contributed by atoms with Gasteiger partial charge in [0.15, 0.2) is 0 Å². The number of rotatable bonds is 6. The first-order valence-electron chi connectivity index (χ1n) is 19.6. The van der Waals surface area contributed by atoms with Crippen LogP contribution in [0.15, 0.2) is 213 Å². The Morgan fingerprint density at radius 3 is 1.60 bits per heavy atom. The second-order valence-corrected chi connectivity index (χ2v) is 14.8. The average molecular weight is 744 g/mol. The zero-order chi connectivity index (χ0) is 38.2. The third-order valence-electron chi connectivity index (χ3n) is 11.5. The maximum atomic E-state index is 7.01. The van der Waals surface area contributed by atoms with E-state index in [-0.39, 0.29) is 0 Å². The summed E-state index contributed by atoms with van der Waals surface area (Å²) in [6.45, 7) is 0.